The Morgan fingerprint density at radius 2 is 1.97 bits per heavy atom. The number of aryl methyl sites for hydroxylation is 1. The maximum Gasteiger partial charge on any atom is 0.326 e. The van der Waals surface area contributed by atoms with Crippen molar-refractivity contribution >= 4 is 21.9 Å². The van der Waals surface area contributed by atoms with Crippen LogP contribution in [0.4, 0.5) is 4.39 Å². The SMILES string of the molecule is CC(C)CCCOc1ccc(-c2cc3c(cc2F)ncc2c3[nH]c(=O)n2C)cc1. The van der Waals surface area contributed by atoms with Crippen LogP contribution in [0.15, 0.2) is 47.4 Å². The van der Waals surface area contributed by atoms with E-state index in [1.807, 2.05) is 24.3 Å². The van der Waals surface area contributed by atoms with Crippen molar-refractivity contribution in [2.24, 2.45) is 13.0 Å². The van der Waals surface area contributed by atoms with Crippen molar-refractivity contribution in [3.8, 4) is 16.9 Å². The molecular weight excluding hydrogens is 369 g/mol. The highest BCUT2D eigenvalue weighted by Crippen LogP contribution is 2.31. The van der Waals surface area contributed by atoms with Gasteiger partial charge >= 0.3 is 5.69 Å². The Bertz CT molecular complexity index is 1220. The molecule has 1 N–H and O–H groups in total. The fourth-order valence-corrected chi connectivity index (χ4v) is 3.52. The number of hydrogen-bond donors (Lipinski definition) is 1. The molecule has 2 aromatic heterocycles. The molecule has 0 saturated carbocycles. The maximum absolute atomic E-state index is 14.8. The van der Waals surface area contributed by atoms with Crippen molar-refractivity contribution in [3.63, 3.8) is 0 Å². The van der Waals surface area contributed by atoms with Crippen LogP contribution in [0.2, 0.25) is 0 Å². The van der Waals surface area contributed by atoms with Crippen LogP contribution in [-0.4, -0.2) is 21.1 Å². The van der Waals surface area contributed by atoms with Gasteiger partial charge < -0.3 is 9.72 Å². The monoisotopic (exact) mass is 393 g/mol. The lowest BCUT2D eigenvalue weighted by Crippen LogP contribution is -2.11. The Hall–Kier alpha value is -3.15. The molecular formula is C23H24FN3O2. The summed E-state index contributed by atoms with van der Waals surface area (Å²) >= 11 is 0. The number of aromatic amines is 1. The van der Waals surface area contributed by atoms with Gasteiger partial charge in [-0.05, 0) is 42.5 Å². The molecule has 5 nitrogen and oxygen atoms in total. The van der Waals surface area contributed by atoms with Gasteiger partial charge in [0.05, 0.1) is 29.4 Å². The molecule has 6 heteroatoms. The zero-order chi connectivity index (χ0) is 20.5. The van der Waals surface area contributed by atoms with Crippen molar-refractivity contribution < 1.29 is 9.13 Å². The van der Waals surface area contributed by atoms with Gasteiger partial charge in [0.1, 0.15) is 11.6 Å². The summed E-state index contributed by atoms with van der Waals surface area (Å²) in [6.45, 7) is 5.06. The molecule has 2 heterocycles. The van der Waals surface area contributed by atoms with E-state index < -0.39 is 0 Å². The standard InChI is InChI=1S/C23H24FN3O2/c1-14(2)5-4-10-29-16-8-6-15(7-9-16)17-11-18-20(12-19(17)24)25-13-21-22(18)26-23(28)27(21)3/h6-9,11-14H,4-5,10H2,1-3H3,(H,26,28). The van der Waals surface area contributed by atoms with Gasteiger partial charge in [0.25, 0.3) is 0 Å². The molecule has 4 rings (SSSR count). The third-order valence-electron chi connectivity index (χ3n) is 5.19. The van der Waals surface area contributed by atoms with Gasteiger partial charge in [0.15, 0.2) is 0 Å². The van der Waals surface area contributed by atoms with Crippen LogP contribution in [0.1, 0.15) is 26.7 Å². The third-order valence-corrected chi connectivity index (χ3v) is 5.19. The molecule has 0 atom stereocenters. The van der Waals surface area contributed by atoms with Crippen LogP contribution in [0.3, 0.4) is 0 Å². The molecule has 0 bridgehead atoms. The maximum atomic E-state index is 14.8. The van der Waals surface area contributed by atoms with Crippen molar-refractivity contribution in [2.45, 2.75) is 26.7 Å². The highest BCUT2D eigenvalue weighted by atomic mass is 19.1. The van der Waals surface area contributed by atoms with Crippen molar-refractivity contribution in [3.05, 3.63) is 58.9 Å². The van der Waals surface area contributed by atoms with Gasteiger partial charge in [-0.2, -0.15) is 0 Å². The van der Waals surface area contributed by atoms with Gasteiger partial charge in [0, 0.05) is 24.1 Å². The molecule has 0 aliphatic carbocycles. The molecule has 0 aliphatic heterocycles. The number of halogens is 1. The van der Waals surface area contributed by atoms with Crippen LogP contribution >= 0.6 is 0 Å². The summed E-state index contributed by atoms with van der Waals surface area (Å²) < 4.78 is 22.0. The number of ether oxygens (including phenoxy) is 1. The van der Waals surface area contributed by atoms with Gasteiger partial charge in [-0.15, -0.1) is 0 Å². The number of fused-ring (bicyclic) bond motifs is 3. The number of nitrogens with zero attached hydrogens (tertiary/aromatic N) is 2. The van der Waals surface area contributed by atoms with Crippen molar-refractivity contribution in [1.82, 2.24) is 14.5 Å². The van der Waals surface area contributed by atoms with Gasteiger partial charge in [-0.25, -0.2) is 9.18 Å². The highest BCUT2D eigenvalue weighted by molar-refractivity contribution is 6.03. The summed E-state index contributed by atoms with van der Waals surface area (Å²) in [6, 6.07) is 10.6. The summed E-state index contributed by atoms with van der Waals surface area (Å²) in [5.41, 5.74) is 2.83. The molecule has 0 fully saturated rings. The van der Waals surface area contributed by atoms with E-state index in [9.17, 15) is 9.18 Å². The van der Waals surface area contributed by atoms with E-state index in [4.69, 9.17) is 4.74 Å². The first-order valence-electron chi connectivity index (χ1n) is 9.84. The average molecular weight is 393 g/mol. The lowest BCUT2D eigenvalue weighted by atomic mass is 10.0. The first-order chi connectivity index (χ1) is 13.9. The molecule has 29 heavy (non-hydrogen) atoms. The molecule has 2 aromatic carbocycles. The van der Waals surface area contributed by atoms with Gasteiger partial charge in [-0.3, -0.25) is 9.55 Å². The number of hydrogen-bond acceptors (Lipinski definition) is 3. The fraction of sp³-hybridized carbons (Fsp3) is 0.304. The van der Waals surface area contributed by atoms with Gasteiger partial charge in [-0.1, -0.05) is 26.0 Å². The predicted octanol–water partition coefficient (Wildman–Crippen LogP) is 5.04. The Morgan fingerprint density at radius 3 is 2.69 bits per heavy atom. The second-order valence-corrected chi connectivity index (χ2v) is 7.77. The summed E-state index contributed by atoms with van der Waals surface area (Å²) in [6.07, 6.45) is 3.72. The van der Waals surface area contributed by atoms with Crippen molar-refractivity contribution in [1.29, 1.82) is 0 Å². The quantitative estimate of drug-likeness (QED) is 0.467. The van der Waals surface area contributed by atoms with E-state index in [0.717, 1.165) is 24.2 Å². The molecule has 0 saturated heterocycles. The van der Waals surface area contributed by atoms with Gasteiger partial charge in [0.2, 0.25) is 0 Å². The molecule has 0 radical (unpaired) electrons. The van der Waals surface area contributed by atoms with Crippen LogP contribution < -0.4 is 10.4 Å². The number of pyridine rings is 1. The number of imidazole rings is 1. The Labute approximate surface area is 168 Å². The molecule has 0 spiro atoms. The second kappa shape index (κ2) is 7.70. The van der Waals surface area contributed by atoms with E-state index in [-0.39, 0.29) is 11.5 Å². The zero-order valence-corrected chi connectivity index (χ0v) is 16.8. The molecule has 4 aromatic rings. The number of rotatable bonds is 6. The Morgan fingerprint density at radius 1 is 1.21 bits per heavy atom. The minimum atomic E-state index is -0.353. The Balaban J connectivity index is 1.66. The first kappa shape index (κ1) is 19.2. The molecule has 150 valence electrons. The highest BCUT2D eigenvalue weighted by Gasteiger charge is 2.13. The predicted molar refractivity (Wildman–Crippen MR) is 114 cm³/mol. The number of aromatic nitrogens is 3. The molecule has 0 aliphatic rings. The number of benzene rings is 2. The normalized spacial score (nSPS) is 11.6. The lowest BCUT2D eigenvalue weighted by molar-refractivity contribution is 0.298. The largest absolute Gasteiger partial charge is 0.494 e. The van der Waals surface area contributed by atoms with E-state index in [0.29, 0.717) is 40.0 Å². The second-order valence-electron chi connectivity index (χ2n) is 7.77. The minimum Gasteiger partial charge on any atom is -0.494 e. The summed E-state index contributed by atoms with van der Waals surface area (Å²) in [5, 5.41) is 0.714. The smallest absolute Gasteiger partial charge is 0.326 e. The van der Waals surface area contributed by atoms with E-state index in [1.165, 1.54) is 10.6 Å². The van der Waals surface area contributed by atoms with E-state index in [2.05, 4.69) is 23.8 Å². The van der Waals surface area contributed by atoms with E-state index >= 15 is 0 Å². The number of H-pyrrole nitrogens is 1. The van der Waals surface area contributed by atoms with Crippen molar-refractivity contribution in [2.75, 3.05) is 6.61 Å². The summed E-state index contributed by atoms with van der Waals surface area (Å²) in [5.74, 6) is 1.08. The summed E-state index contributed by atoms with van der Waals surface area (Å²) in [7, 11) is 1.68. The molecule has 0 unspecified atom stereocenters. The molecule has 0 amide bonds. The van der Waals surface area contributed by atoms with Crippen LogP contribution in [0, 0.1) is 11.7 Å². The van der Waals surface area contributed by atoms with Crippen LogP contribution in [0.5, 0.6) is 5.75 Å². The van der Waals surface area contributed by atoms with Crippen LogP contribution in [0.25, 0.3) is 33.1 Å². The van der Waals surface area contributed by atoms with Crippen LogP contribution in [-0.2, 0) is 7.05 Å². The Kier molecular flexibility index (Phi) is 5.09. The summed E-state index contributed by atoms with van der Waals surface area (Å²) in [4.78, 5) is 19.1. The number of nitrogens with one attached hydrogen (secondary N) is 1. The first-order valence-corrected chi connectivity index (χ1v) is 9.84. The van der Waals surface area contributed by atoms with E-state index in [1.54, 1.807) is 19.3 Å². The fourth-order valence-electron chi connectivity index (χ4n) is 3.52. The zero-order valence-electron chi connectivity index (χ0n) is 16.8. The topological polar surface area (TPSA) is 59.9 Å². The average Bonchev–Trinajstić information content (AvgIpc) is 2.99. The lowest BCUT2D eigenvalue weighted by Gasteiger charge is -2.10. The third kappa shape index (κ3) is 3.75. The minimum absolute atomic E-state index is 0.223.